The van der Waals surface area contributed by atoms with Crippen LogP contribution >= 0.6 is 11.8 Å². The number of nitro benzene ring substituents is 2. The molecule has 1 fully saturated rings. The van der Waals surface area contributed by atoms with Gasteiger partial charge in [-0.3, -0.25) is 20.2 Å². The second-order valence-corrected chi connectivity index (χ2v) is 8.33. The zero-order valence-electron chi connectivity index (χ0n) is 17.1. The molecule has 0 saturated heterocycles. The Morgan fingerprint density at radius 2 is 1.61 bits per heavy atom. The number of benzene rings is 2. The van der Waals surface area contributed by atoms with E-state index in [2.05, 4.69) is 0 Å². The molecule has 1 aliphatic rings. The van der Waals surface area contributed by atoms with Crippen molar-refractivity contribution in [1.82, 2.24) is 0 Å². The van der Waals surface area contributed by atoms with Gasteiger partial charge in [-0.15, -0.1) is 11.8 Å². The van der Waals surface area contributed by atoms with E-state index in [4.69, 9.17) is 9.47 Å². The monoisotopic (exact) mass is 446 g/mol. The lowest BCUT2D eigenvalue weighted by Crippen LogP contribution is -2.40. The van der Waals surface area contributed by atoms with Crippen LogP contribution in [0.2, 0.25) is 0 Å². The fraction of sp³-hybridized carbons (Fsp3) is 0.381. The number of hydrogen-bond acceptors (Lipinski definition) is 8. The summed E-state index contributed by atoms with van der Waals surface area (Å²) in [5, 5.41) is 22.2. The zero-order valence-corrected chi connectivity index (χ0v) is 17.9. The number of nitro groups is 2. The molecule has 31 heavy (non-hydrogen) atoms. The average Bonchev–Trinajstić information content (AvgIpc) is 2.75. The number of nitrogens with zero attached hydrogens (tertiary/aromatic N) is 2. The normalized spacial score (nSPS) is 20.6. The molecule has 0 amide bonds. The lowest BCUT2D eigenvalue weighted by Gasteiger charge is -2.34. The summed E-state index contributed by atoms with van der Waals surface area (Å²) in [6.07, 6.45) is 3.17. The molecule has 2 aromatic carbocycles. The van der Waals surface area contributed by atoms with Gasteiger partial charge in [0.1, 0.15) is 18.0 Å². The predicted octanol–water partition coefficient (Wildman–Crippen LogP) is 5.02. The van der Waals surface area contributed by atoms with Crippen molar-refractivity contribution in [3.8, 4) is 5.75 Å². The second kappa shape index (κ2) is 9.78. The van der Waals surface area contributed by atoms with E-state index in [-0.39, 0.29) is 11.7 Å². The van der Waals surface area contributed by atoms with Crippen LogP contribution in [-0.2, 0) is 4.74 Å². The van der Waals surface area contributed by atoms with Crippen LogP contribution in [0.4, 0.5) is 11.4 Å². The molecule has 0 aliphatic heterocycles. The van der Waals surface area contributed by atoms with Crippen LogP contribution in [-0.4, -0.2) is 34.3 Å². The SMILES string of the molecule is CSc1ccc(O[C@H]2CC[C@@H](C)C[C@@H]2OC(=O)c2cc([N+](=O)[O-])cc([N+](=O)[O-])c2)cc1. The fourth-order valence-corrected chi connectivity index (χ4v) is 3.93. The maximum Gasteiger partial charge on any atom is 0.339 e. The number of esters is 1. The smallest absolute Gasteiger partial charge is 0.339 e. The summed E-state index contributed by atoms with van der Waals surface area (Å²) in [4.78, 5) is 34.4. The van der Waals surface area contributed by atoms with Crippen LogP contribution in [0, 0.1) is 26.1 Å². The van der Waals surface area contributed by atoms with Gasteiger partial charge in [-0.25, -0.2) is 4.79 Å². The van der Waals surface area contributed by atoms with Crippen molar-refractivity contribution in [3.05, 3.63) is 68.3 Å². The highest BCUT2D eigenvalue weighted by Crippen LogP contribution is 2.31. The Balaban J connectivity index is 1.79. The van der Waals surface area contributed by atoms with E-state index in [1.54, 1.807) is 11.8 Å². The van der Waals surface area contributed by atoms with Gasteiger partial charge in [0.25, 0.3) is 11.4 Å². The maximum atomic E-state index is 12.7. The van der Waals surface area contributed by atoms with Crippen LogP contribution in [0.25, 0.3) is 0 Å². The molecule has 9 nitrogen and oxygen atoms in total. The zero-order chi connectivity index (χ0) is 22.5. The van der Waals surface area contributed by atoms with Crippen molar-refractivity contribution in [2.75, 3.05) is 6.26 Å². The fourth-order valence-electron chi connectivity index (χ4n) is 3.52. The van der Waals surface area contributed by atoms with E-state index in [1.165, 1.54) is 0 Å². The van der Waals surface area contributed by atoms with Gasteiger partial charge in [0.15, 0.2) is 0 Å². The number of ether oxygens (including phenoxy) is 2. The summed E-state index contributed by atoms with van der Waals surface area (Å²) in [7, 11) is 0. The summed E-state index contributed by atoms with van der Waals surface area (Å²) in [5.74, 6) is 0.109. The van der Waals surface area contributed by atoms with E-state index >= 15 is 0 Å². The van der Waals surface area contributed by atoms with Crippen LogP contribution in [0.3, 0.4) is 0 Å². The maximum absolute atomic E-state index is 12.7. The number of carbonyl (C=O) groups excluding carboxylic acids is 1. The van der Waals surface area contributed by atoms with Gasteiger partial charge in [-0.2, -0.15) is 0 Å². The standard InChI is InChI=1S/C21H22N2O7S/c1-13-3-8-19(29-17-4-6-18(31-2)7-5-17)20(9-13)30-21(24)14-10-15(22(25)26)12-16(11-14)23(27)28/h4-7,10-13,19-20H,3,8-9H2,1-2H3/t13-,19+,20+/m1/s1. The highest BCUT2D eigenvalue weighted by Gasteiger charge is 2.34. The molecule has 1 saturated carbocycles. The summed E-state index contributed by atoms with van der Waals surface area (Å²) in [6, 6.07) is 10.4. The van der Waals surface area contributed by atoms with Crippen LogP contribution in [0.5, 0.6) is 5.75 Å². The molecule has 0 bridgehead atoms. The van der Waals surface area contributed by atoms with E-state index in [1.807, 2.05) is 37.4 Å². The Bertz CT molecular complexity index is 948. The molecule has 0 heterocycles. The van der Waals surface area contributed by atoms with Crippen molar-refractivity contribution >= 4 is 29.1 Å². The van der Waals surface area contributed by atoms with Gasteiger partial charge in [0.2, 0.25) is 0 Å². The topological polar surface area (TPSA) is 122 Å². The largest absolute Gasteiger partial charge is 0.487 e. The molecule has 164 valence electrons. The molecule has 10 heteroatoms. The summed E-state index contributed by atoms with van der Waals surface area (Å²) in [6.45, 7) is 2.04. The molecule has 0 spiro atoms. The lowest BCUT2D eigenvalue weighted by molar-refractivity contribution is -0.394. The third kappa shape index (κ3) is 5.72. The minimum absolute atomic E-state index is 0.234. The Hall–Kier alpha value is -3.14. The van der Waals surface area contributed by atoms with Gasteiger partial charge >= 0.3 is 5.97 Å². The summed E-state index contributed by atoms with van der Waals surface area (Å²) < 4.78 is 11.7. The van der Waals surface area contributed by atoms with Gasteiger partial charge in [0.05, 0.1) is 21.5 Å². The first kappa shape index (κ1) is 22.5. The number of hydrogen-bond donors (Lipinski definition) is 0. The quantitative estimate of drug-likeness (QED) is 0.251. The first-order valence-electron chi connectivity index (χ1n) is 9.72. The van der Waals surface area contributed by atoms with E-state index < -0.39 is 33.3 Å². The van der Waals surface area contributed by atoms with Crippen LogP contribution in [0.15, 0.2) is 47.4 Å². The predicted molar refractivity (Wildman–Crippen MR) is 115 cm³/mol. The Kier molecular flexibility index (Phi) is 7.11. The van der Waals surface area contributed by atoms with E-state index in [9.17, 15) is 25.0 Å². The number of carbonyl (C=O) groups is 1. The van der Waals surface area contributed by atoms with Crippen molar-refractivity contribution < 1.29 is 24.1 Å². The Morgan fingerprint density at radius 1 is 1.00 bits per heavy atom. The van der Waals surface area contributed by atoms with Gasteiger partial charge < -0.3 is 9.47 Å². The highest BCUT2D eigenvalue weighted by molar-refractivity contribution is 7.98. The van der Waals surface area contributed by atoms with Gasteiger partial charge in [0, 0.05) is 17.0 Å². The van der Waals surface area contributed by atoms with Crippen LogP contribution < -0.4 is 4.74 Å². The molecule has 0 N–H and O–H groups in total. The van der Waals surface area contributed by atoms with Gasteiger partial charge in [-0.1, -0.05) is 6.92 Å². The second-order valence-electron chi connectivity index (χ2n) is 7.45. The van der Waals surface area contributed by atoms with E-state index in [0.717, 1.165) is 29.5 Å². The average molecular weight is 446 g/mol. The van der Waals surface area contributed by atoms with Crippen molar-refractivity contribution in [2.24, 2.45) is 5.92 Å². The molecule has 0 radical (unpaired) electrons. The minimum atomic E-state index is -0.850. The molecular formula is C21H22N2O7S. The van der Waals surface area contributed by atoms with Crippen LogP contribution in [0.1, 0.15) is 36.5 Å². The van der Waals surface area contributed by atoms with Gasteiger partial charge in [-0.05, 0) is 55.7 Å². The molecule has 1 aliphatic carbocycles. The van der Waals surface area contributed by atoms with E-state index in [0.29, 0.717) is 24.5 Å². The molecular weight excluding hydrogens is 424 g/mol. The van der Waals surface area contributed by atoms with Crippen molar-refractivity contribution in [1.29, 1.82) is 0 Å². The third-order valence-electron chi connectivity index (χ3n) is 5.16. The minimum Gasteiger partial charge on any atom is -0.487 e. The number of thioether (sulfide) groups is 1. The first-order valence-corrected chi connectivity index (χ1v) is 10.9. The Labute approximate surface area is 183 Å². The molecule has 3 atom stereocenters. The molecule has 2 aromatic rings. The highest BCUT2D eigenvalue weighted by atomic mass is 32.2. The summed E-state index contributed by atoms with van der Waals surface area (Å²) in [5.41, 5.74) is -1.32. The van der Waals surface area contributed by atoms with Crippen molar-refractivity contribution in [2.45, 2.75) is 43.3 Å². The Morgan fingerprint density at radius 3 is 2.16 bits per heavy atom. The number of rotatable bonds is 7. The first-order chi connectivity index (χ1) is 14.8. The third-order valence-corrected chi connectivity index (χ3v) is 5.90. The summed E-state index contributed by atoms with van der Waals surface area (Å²) >= 11 is 1.62. The number of non-ortho nitro benzene ring substituents is 2. The molecule has 0 aromatic heterocycles. The van der Waals surface area contributed by atoms with Crippen molar-refractivity contribution in [3.63, 3.8) is 0 Å². The molecule has 3 rings (SSSR count). The molecule has 0 unspecified atom stereocenters. The lowest BCUT2D eigenvalue weighted by atomic mass is 9.86.